The number of amides is 1. The van der Waals surface area contributed by atoms with E-state index < -0.39 is 0 Å². The molecule has 1 unspecified atom stereocenters. The van der Waals surface area contributed by atoms with Crippen molar-refractivity contribution in [1.29, 1.82) is 0 Å². The van der Waals surface area contributed by atoms with Gasteiger partial charge in [-0.15, -0.1) is 0 Å². The molecule has 0 radical (unpaired) electrons. The predicted molar refractivity (Wildman–Crippen MR) is 85.4 cm³/mol. The molecule has 1 fully saturated rings. The number of carbonyl (C=O) groups is 1. The molecule has 0 saturated carbocycles. The second-order valence-corrected chi connectivity index (χ2v) is 5.82. The molecule has 2 heterocycles. The lowest BCUT2D eigenvalue weighted by Crippen LogP contribution is -2.35. The number of carbonyl (C=O) groups excluding carboxylic acids is 1. The number of hydrogen-bond donors (Lipinski definition) is 1. The van der Waals surface area contributed by atoms with Crippen molar-refractivity contribution in [3.8, 4) is 0 Å². The van der Waals surface area contributed by atoms with E-state index in [1.807, 2.05) is 11.0 Å². The number of rotatable bonds is 5. The van der Waals surface area contributed by atoms with Gasteiger partial charge in [-0.05, 0) is 37.3 Å². The first-order valence-corrected chi connectivity index (χ1v) is 7.90. The Morgan fingerprint density at radius 2 is 2.14 bits per heavy atom. The Hall–Kier alpha value is -2.07. The summed E-state index contributed by atoms with van der Waals surface area (Å²) in [5.74, 6) is 0.724. The fourth-order valence-corrected chi connectivity index (χ4v) is 3.15. The van der Waals surface area contributed by atoms with Crippen LogP contribution < -0.4 is 5.73 Å². The molecule has 2 aromatic rings. The number of likely N-dealkylation sites (tertiary alicyclic amines) is 1. The molecule has 1 aliphatic heterocycles. The highest BCUT2D eigenvalue weighted by molar-refractivity contribution is 5.94. The van der Waals surface area contributed by atoms with Crippen molar-refractivity contribution in [2.24, 2.45) is 5.73 Å². The Labute approximate surface area is 130 Å². The van der Waals surface area contributed by atoms with Gasteiger partial charge in [0.05, 0.1) is 12.1 Å². The molecule has 1 saturated heterocycles. The van der Waals surface area contributed by atoms with Crippen LogP contribution in [0.1, 0.15) is 40.9 Å². The van der Waals surface area contributed by atoms with Crippen molar-refractivity contribution in [3.05, 3.63) is 59.5 Å². The maximum atomic E-state index is 12.6. The summed E-state index contributed by atoms with van der Waals surface area (Å²) < 4.78 is 5.29. The Morgan fingerprint density at radius 1 is 1.32 bits per heavy atom. The monoisotopic (exact) mass is 298 g/mol. The zero-order valence-corrected chi connectivity index (χ0v) is 12.7. The number of nitrogens with two attached hydrogens (primary N) is 1. The van der Waals surface area contributed by atoms with Crippen LogP contribution in [-0.4, -0.2) is 23.4 Å². The minimum Gasteiger partial charge on any atom is -0.467 e. The largest absolute Gasteiger partial charge is 0.467 e. The molecule has 4 heteroatoms. The molecule has 0 bridgehead atoms. The third kappa shape index (κ3) is 3.22. The molecular formula is C18H22N2O2. The summed E-state index contributed by atoms with van der Waals surface area (Å²) in [7, 11) is 0. The van der Waals surface area contributed by atoms with E-state index in [0.717, 1.165) is 32.2 Å². The summed E-state index contributed by atoms with van der Waals surface area (Å²) in [6.45, 7) is 1.16. The molecule has 1 aromatic carbocycles. The summed E-state index contributed by atoms with van der Waals surface area (Å²) in [5.41, 5.74) is 7.48. The van der Waals surface area contributed by atoms with E-state index in [1.165, 1.54) is 11.8 Å². The summed E-state index contributed by atoms with van der Waals surface area (Å²) in [6.07, 6.45) is 5.70. The normalized spacial score (nSPS) is 17.9. The third-order valence-corrected chi connectivity index (χ3v) is 4.35. The molecule has 0 aliphatic carbocycles. The Balaban J connectivity index is 1.63. The van der Waals surface area contributed by atoms with Crippen LogP contribution in [0.25, 0.3) is 0 Å². The lowest BCUT2D eigenvalue weighted by atomic mass is 10.0. The van der Waals surface area contributed by atoms with Gasteiger partial charge in [-0.3, -0.25) is 4.79 Å². The topological polar surface area (TPSA) is 59.5 Å². The summed E-state index contributed by atoms with van der Waals surface area (Å²) >= 11 is 0. The molecule has 4 nitrogen and oxygen atoms in total. The molecule has 3 rings (SSSR count). The van der Waals surface area contributed by atoms with Gasteiger partial charge in [-0.25, -0.2) is 0 Å². The first-order chi connectivity index (χ1) is 10.8. The van der Waals surface area contributed by atoms with Crippen LogP contribution in [0.5, 0.6) is 0 Å². The van der Waals surface area contributed by atoms with Crippen molar-refractivity contribution in [3.63, 3.8) is 0 Å². The molecule has 1 amide bonds. The van der Waals surface area contributed by atoms with E-state index in [2.05, 4.69) is 24.3 Å². The molecule has 1 atom stereocenters. The summed E-state index contributed by atoms with van der Waals surface area (Å²) in [6, 6.07) is 12.5. The third-order valence-electron chi connectivity index (χ3n) is 4.35. The quantitative estimate of drug-likeness (QED) is 0.923. The lowest BCUT2D eigenvalue weighted by molar-refractivity contribution is 0.0730. The maximum Gasteiger partial charge on any atom is 0.257 e. The van der Waals surface area contributed by atoms with Gasteiger partial charge in [0.1, 0.15) is 12.0 Å². The molecule has 116 valence electrons. The molecule has 1 aliphatic rings. The van der Waals surface area contributed by atoms with E-state index in [4.69, 9.17) is 10.2 Å². The van der Waals surface area contributed by atoms with Crippen molar-refractivity contribution in [2.75, 3.05) is 6.54 Å². The van der Waals surface area contributed by atoms with E-state index in [0.29, 0.717) is 23.9 Å². The predicted octanol–water partition coefficient (Wildman–Crippen LogP) is 2.98. The summed E-state index contributed by atoms with van der Waals surface area (Å²) in [4.78, 5) is 14.6. The van der Waals surface area contributed by atoms with Crippen LogP contribution >= 0.6 is 0 Å². The second kappa shape index (κ2) is 6.79. The zero-order chi connectivity index (χ0) is 15.4. The van der Waals surface area contributed by atoms with Gasteiger partial charge in [0.2, 0.25) is 0 Å². The van der Waals surface area contributed by atoms with Crippen LogP contribution in [0, 0.1) is 0 Å². The minimum atomic E-state index is 0.0685. The van der Waals surface area contributed by atoms with Crippen molar-refractivity contribution in [2.45, 2.75) is 38.3 Å². The molecule has 2 N–H and O–H groups in total. The van der Waals surface area contributed by atoms with E-state index in [-0.39, 0.29) is 5.91 Å². The molecule has 1 aromatic heterocycles. The minimum absolute atomic E-state index is 0.0685. The van der Waals surface area contributed by atoms with Crippen LogP contribution in [0.3, 0.4) is 0 Å². The molecule has 0 spiro atoms. The van der Waals surface area contributed by atoms with Gasteiger partial charge in [-0.1, -0.05) is 30.3 Å². The van der Waals surface area contributed by atoms with Crippen LogP contribution in [0.4, 0.5) is 0 Å². The zero-order valence-electron chi connectivity index (χ0n) is 12.7. The van der Waals surface area contributed by atoms with Gasteiger partial charge in [0, 0.05) is 12.6 Å². The number of furan rings is 1. The highest BCUT2D eigenvalue weighted by Crippen LogP contribution is 2.24. The van der Waals surface area contributed by atoms with Crippen LogP contribution in [0.15, 0.2) is 47.1 Å². The average molecular weight is 298 g/mol. The number of nitrogens with zero attached hydrogens (tertiary/aromatic N) is 1. The first kappa shape index (κ1) is 14.9. The fraction of sp³-hybridized carbons (Fsp3) is 0.389. The van der Waals surface area contributed by atoms with Crippen LogP contribution in [0.2, 0.25) is 0 Å². The lowest BCUT2D eigenvalue weighted by Gasteiger charge is -2.24. The Bertz CT molecular complexity index is 621. The standard InChI is InChI=1S/C18H22N2O2/c19-12-17-11-15(13-22-17)18(21)20-10-4-7-16(20)9-8-14-5-2-1-3-6-14/h1-3,5-6,11,13,16H,4,7-10,12,19H2. The Morgan fingerprint density at radius 3 is 2.86 bits per heavy atom. The van der Waals surface area contributed by atoms with Gasteiger partial charge in [-0.2, -0.15) is 0 Å². The van der Waals surface area contributed by atoms with Crippen LogP contribution in [-0.2, 0) is 13.0 Å². The van der Waals surface area contributed by atoms with E-state index >= 15 is 0 Å². The van der Waals surface area contributed by atoms with Crippen molar-refractivity contribution in [1.82, 2.24) is 4.90 Å². The SMILES string of the molecule is NCc1cc(C(=O)N2CCCC2CCc2ccccc2)co1. The first-order valence-electron chi connectivity index (χ1n) is 7.90. The van der Waals surface area contributed by atoms with E-state index in [9.17, 15) is 4.79 Å². The molecular weight excluding hydrogens is 276 g/mol. The Kier molecular flexibility index (Phi) is 4.59. The van der Waals surface area contributed by atoms with Gasteiger partial charge >= 0.3 is 0 Å². The van der Waals surface area contributed by atoms with Gasteiger partial charge in [0.25, 0.3) is 5.91 Å². The van der Waals surface area contributed by atoms with Gasteiger partial charge < -0.3 is 15.1 Å². The number of benzene rings is 1. The number of aryl methyl sites for hydroxylation is 1. The average Bonchev–Trinajstić information content (AvgIpc) is 3.22. The van der Waals surface area contributed by atoms with Gasteiger partial charge in [0.15, 0.2) is 0 Å². The van der Waals surface area contributed by atoms with E-state index in [1.54, 1.807) is 6.07 Å². The fourth-order valence-electron chi connectivity index (χ4n) is 3.15. The number of hydrogen-bond acceptors (Lipinski definition) is 3. The highest BCUT2D eigenvalue weighted by atomic mass is 16.3. The highest BCUT2D eigenvalue weighted by Gasteiger charge is 2.29. The van der Waals surface area contributed by atoms with Crippen molar-refractivity contribution >= 4 is 5.91 Å². The second-order valence-electron chi connectivity index (χ2n) is 5.82. The maximum absolute atomic E-state index is 12.6. The van der Waals surface area contributed by atoms with Crippen molar-refractivity contribution < 1.29 is 9.21 Å². The molecule has 22 heavy (non-hydrogen) atoms. The summed E-state index contributed by atoms with van der Waals surface area (Å²) in [5, 5.41) is 0. The smallest absolute Gasteiger partial charge is 0.257 e.